The summed E-state index contributed by atoms with van der Waals surface area (Å²) in [7, 11) is 0. The predicted octanol–water partition coefficient (Wildman–Crippen LogP) is 3.72. The van der Waals surface area contributed by atoms with Crippen LogP contribution in [0.5, 0.6) is 5.75 Å². The molecule has 1 aromatic carbocycles. The number of hydrogen-bond donors (Lipinski definition) is 2. The molecule has 2 aromatic rings. The van der Waals surface area contributed by atoms with Crippen LogP contribution in [0.4, 0.5) is 10.1 Å². The predicted molar refractivity (Wildman–Crippen MR) is 77.0 cm³/mol. The van der Waals surface area contributed by atoms with Crippen molar-refractivity contribution in [2.24, 2.45) is 0 Å². The van der Waals surface area contributed by atoms with Gasteiger partial charge >= 0.3 is 0 Å². The number of thiophene rings is 1. The number of halogens is 1. The average molecular weight is 291 g/mol. The molecule has 1 aromatic heterocycles. The molecule has 0 bridgehead atoms. The molecule has 104 valence electrons. The van der Waals surface area contributed by atoms with Crippen molar-refractivity contribution in [1.29, 1.82) is 0 Å². The first-order chi connectivity index (χ1) is 9.63. The first kappa shape index (κ1) is 13.1. The van der Waals surface area contributed by atoms with Gasteiger partial charge in [-0.15, -0.1) is 11.3 Å². The molecular formula is C15H14FNO2S. The van der Waals surface area contributed by atoms with Gasteiger partial charge in [0.2, 0.25) is 0 Å². The third-order valence-corrected chi connectivity index (χ3v) is 4.66. The molecule has 1 amide bonds. The number of carbonyl (C=O) groups excluding carboxylic acids is 1. The number of aromatic hydroxyl groups is 1. The molecule has 0 saturated carbocycles. The van der Waals surface area contributed by atoms with Crippen molar-refractivity contribution in [3.8, 4) is 5.75 Å². The van der Waals surface area contributed by atoms with Gasteiger partial charge in [-0.05, 0) is 49.4 Å². The summed E-state index contributed by atoms with van der Waals surface area (Å²) < 4.78 is 13.6. The summed E-state index contributed by atoms with van der Waals surface area (Å²) in [5.74, 6) is -1.10. The zero-order chi connectivity index (χ0) is 14.1. The number of aryl methyl sites for hydroxylation is 2. The van der Waals surface area contributed by atoms with Gasteiger partial charge in [-0.2, -0.15) is 0 Å². The van der Waals surface area contributed by atoms with E-state index in [4.69, 9.17) is 5.11 Å². The number of rotatable bonds is 2. The van der Waals surface area contributed by atoms with Crippen LogP contribution in [0, 0.1) is 5.82 Å². The lowest BCUT2D eigenvalue weighted by atomic mass is 9.99. The van der Waals surface area contributed by atoms with E-state index in [-0.39, 0.29) is 17.3 Å². The largest absolute Gasteiger partial charge is 0.508 e. The van der Waals surface area contributed by atoms with Gasteiger partial charge in [-0.3, -0.25) is 4.79 Å². The van der Waals surface area contributed by atoms with Crippen LogP contribution < -0.4 is 5.32 Å². The van der Waals surface area contributed by atoms with Crippen molar-refractivity contribution in [2.75, 3.05) is 5.32 Å². The molecule has 2 N–H and O–H groups in total. The van der Waals surface area contributed by atoms with Crippen LogP contribution in [0.2, 0.25) is 0 Å². The highest BCUT2D eigenvalue weighted by atomic mass is 32.1. The van der Waals surface area contributed by atoms with E-state index in [2.05, 4.69) is 5.32 Å². The van der Waals surface area contributed by atoms with E-state index in [9.17, 15) is 9.18 Å². The number of phenols is 1. The summed E-state index contributed by atoms with van der Waals surface area (Å²) in [6, 6.07) is 5.59. The smallest absolute Gasteiger partial charge is 0.265 e. The fourth-order valence-corrected chi connectivity index (χ4v) is 3.54. The molecule has 1 aliphatic carbocycles. The highest BCUT2D eigenvalue weighted by Crippen LogP contribution is 2.30. The summed E-state index contributed by atoms with van der Waals surface area (Å²) in [5, 5.41) is 11.7. The quantitative estimate of drug-likeness (QED) is 0.828. The lowest BCUT2D eigenvalue weighted by Gasteiger charge is -2.08. The van der Waals surface area contributed by atoms with Gasteiger partial charge < -0.3 is 10.4 Å². The van der Waals surface area contributed by atoms with Gasteiger partial charge in [0.25, 0.3) is 5.91 Å². The van der Waals surface area contributed by atoms with Crippen molar-refractivity contribution >= 4 is 22.9 Å². The number of fused-ring (bicyclic) bond motifs is 1. The number of phenolic OH excluding ortho intramolecular Hbond substituents is 1. The molecule has 0 atom stereocenters. The Kier molecular flexibility index (Phi) is 3.44. The number of nitrogens with one attached hydrogen (secondary N) is 1. The molecule has 0 radical (unpaired) electrons. The Morgan fingerprint density at radius 1 is 1.25 bits per heavy atom. The molecule has 0 fully saturated rings. The Bertz CT molecular complexity index is 642. The topological polar surface area (TPSA) is 49.3 Å². The fraction of sp³-hybridized carbons (Fsp3) is 0.267. The normalized spacial score (nSPS) is 13.8. The Hall–Kier alpha value is -1.88. The zero-order valence-electron chi connectivity index (χ0n) is 10.8. The molecule has 5 heteroatoms. The minimum absolute atomic E-state index is 0.0826. The maximum absolute atomic E-state index is 13.6. The van der Waals surface area contributed by atoms with E-state index in [1.807, 2.05) is 6.07 Å². The lowest BCUT2D eigenvalue weighted by Crippen LogP contribution is -2.11. The van der Waals surface area contributed by atoms with Crippen LogP contribution in [-0.4, -0.2) is 11.0 Å². The van der Waals surface area contributed by atoms with Crippen LogP contribution >= 0.6 is 11.3 Å². The molecular weight excluding hydrogens is 277 g/mol. The van der Waals surface area contributed by atoms with E-state index >= 15 is 0 Å². The standard InChI is InChI=1S/C15H14FNO2S/c16-11-8-10(18)5-6-12(11)17-15(19)14-7-9-3-1-2-4-13(9)20-14/h5-8,18H,1-4H2,(H,17,19). The van der Waals surface area contributed by atoms with Crippen LogP contribution in [0.1, 0.15) is 33.0 Å². The number of amides is 1. The Balaban J connectivity index is 1.80. The summed E-state index contributed by atoms with van der Waals surface area (Å²) in [5.41, 5.74) is 1.33. The molecule has 20 heavy (non-hydrogen) atoms. The Morgan fingerprint density at radius 3 is 2.80 bits per heavy atom. The van der Waals surface area contributed by atoms with Gasteiger partial charge in [0, 0.05) is 10.9 Å². The van der Waals surface area contributed by atoms with Gasteiger partial charge in [-0.25, -0.2) is 4.39 Å². The maximum Gasteiger partial charge on any atom is 0.265 e. The van der Waals surface area contributed by atoms with E-state index in [0.717, 1.165) is 25.3 Å². The third-order valence-electron chi connectivity index (χ3n) is 3.42. The average Bonchev–Trinajstić information content (AvgIpc) is 2.86. The van der Waals surface area contributed by atoms with E-state index < -0.39 is 5.82 Å². The van der Waals surface area contributed by atoms with Crippen LogP contribution in [0.3, 0.4) is 0 Å². The first-order valence-electron chi connectivity index (χ1n) is 6.55. The Labute approximate surface area is 120 Å². The maximum atomic E-state index is 13.6. The second-order valence-electron chi connectivity index (χ2n) is 4.88. The third kappa shape index (κ3) is 2.54. The number of benzene rings is 1. The summed E-state index contributed by atoms with van der Waals surface area (Å²) in [6.45, 7) is 0. The highest BCUT2D eigenvalue weighted by Gasteiger charge is 2.18. The summed E-state index contributed by atoms with van der Waals surface area (Å²) in [6.07, 6.45) is 4.38. The van der Waals surface area contributed by atoms with Gasteiger partial charge in [0.1, 0.15) is 11.6 Å². The molecule has 1 aliphatic rings. The number of anilines is 1. The summed E-state index contributed by atoms with van der Waals surface area (Å²) >= 11 is 1.49. The molecule has 0 spiro atoms. The van der Waals surface area contributed by atoms with Gasteiger partial charge in [-0.1, -0.05) is 0 Å². The van der Waals surface area contributed by atoms with E-state index in [1.165, 1.54) is 40.3 Å². The highest BCUT2D eigenvalue weighted by molar-refractivity contribution is 7.14. The molecule has 3 rings (SSSR count). The SMILES string of the molecule is O=C(Nc1ccc(O)cc1F)c1cc2c(s1)CCCC2. The molecule has 0 unspecified atom stereocenters. The van der Waals surface area contributed by atoms with Crippen LogP contribution in [0.25, 0.3) is 0 Å². The number of hydrogen-bond acceptors (Lipinski definition) is 3. The van der Waals surface area contributed by atoms with Crippen LogP contribution in [0.15, 0.2) is 24.3 Å². The van der Waals surface area contributed by atoms with Crippen molar-refractivity contribution in [2.45, 2.75) is 25.7 Å². The molecule has 0 saturated heterocycles. The molecule has 1 heterocycles. The Morgan fingerprint density at radius 2 is 2.05 bits per heavy atom. The fourth-order valence-electron chi connectivity index (χ4n) is 2.39. The minimum Gasteiger partial charge on any atom is -0.508 e. The van der Waals surface area contributed by atoms with Crippen molar-refractivity contribution in [3.63, 3.8) is 0 Å². The monoisotopic (exact) mass is 291 g/mol. The van der Waals surface area contributed by atoms with Gasteiger partial charge in [0.15, 0.2) is 0 Å². The zero-order valence-corrected chi connectivity index (χ0v) is 11.6. The summed E-state index contributed by atoms with van der Waals surface area (Å²) in [4.78, 5) is 14.0. The van der Waals surface area contributed by atoms with E-state index in [0.29, 0.717) is 4.88 Å². The minimum atomic E-state index is -0.639. The first-order valence-corrected chi connectivity index (χ1v) is 7.36. The number of carbonyl (C=O) groups is 1. The second-order valence-corrected chi connectivity index (χ2v) is 6.02. The van der Waals surface area contributed by atoms with Crippen LogP contribution in [-0.2, 0) is 12.8 Å². The molecule has 0 aliphatic heterocycles. The second kappa shape index (κ2) is 5.25. The van der Waals surface area contributed by atoms with E-state index in [1.54, 1.807) is 0 Å². The van der Waals surface area contributed by atoms with Crippen molar-refractivity contribution < 1.29 is 14.3 Å². The van der Waals surface area contributed by atoms with Gasteiger partial charge in [0.05, 0.1) is 10.6 Å². The van der Waals surface area contributed by atoms with Crippen molar-refractivity contribution in [1.82, 2.24) is 0 Å². The van der Waals surface area contributed by atoms with Crippen molar-refractivity contribution in [3.05, 3.63) is 45.4 Å². The lowest BCUT2D eigenvalue weighted by molar-refractivity contribution is 0.103. The molecule has 3 nitrogen and oxygen atoms in total.